The molecule has 122 valence electrons. The zero-order valence-electron chi connectivity index (χ0n) is 14.0. The third-order valence-electron chi connectivity index (χ3n) is 3.68. The number of carbonyl (C=O) groups is 1. The van der Waals surface area contributed by atoms with Crippen LogP contribution in [-0.2, 0) is 4.79 Å². The van der Waals surface area contributed by atoms with Crippen molar-refractivity contribution >= 4 is 5.91 Å². The zero-order valence-corrected chi connectivity index (χ0v) is 14.0. The first-order chi connectivity index (χ1) is 11.0. The summed E-state index contributed by atoms with van der Waals surface area (Å²) in [6.45, 7) is 5.74. The third-order valence-corrected chi connectivity index (χ3v) is 3.68. The number of rotatable bonds is 6. The Morgan fingerprint density at radius 2 is 1.52 bits per heavy atom. The molecule has 0 aliphatic rings. The predicted octanol–water partition coefficient (Wildman–Crippen LogP) is 3.65. The standard InChI is InChI=1S/C19H23NO3/c1-13-5-7-16(8-6-13)14(2)20-19(21)15(3)23-18-11-9-17(22-4)10-12-18/h5-12,14-15H,1-4H3,(H,20,21)/t14-,15-/m0/s1. The summed E-state index contributed by atoms with van der Waals surface area (Å²) in [5, 5.41) is 2.97. The van der Waals surface area contributed by atoms with E-state index in [2.05, 4.69) is 5.32 Å². The molecule has 4 heteroatoms. The van der Waals surface area contributed by atoms with Gasteiger partial charge in [0, 0.05) is 0 Å². The first kappa shape index (κ1) is 16.9. The van der Waals surface area contributed by atoms with Gasteiger partial charge in [0.25, 0.3) is 5.91 Å². The van der Waals surface area contributed by atoms with E-state index in [1.54, 1.807) is 38.3 Å². The van der Waals surface area contributed by atoms with E-state index in [1.807, 2.05) is 38.1 Å². The molecule has 0 aliphatic carbocycles. The fraction of sp³-hybridized carbons (Fsp3) is 0.316. The lowest BCUT2D eigenvalue weighted by atomic mass is 10.1. The summed E-state index contributed by atoms with van der Waals surface area (Å²) < 4.78 is 10.8. The van der Waals surface area contributed by atoms with Crippen LogP contribution in [0.3, 0.4) is 0 Å². The van der Waals surface area contributed by atoms with Crippen LogP contribution in [0.25, 0.3) is 0 Å². The van der Waals surface area contributed by atoms with Crippen molar-refractivity contribution in [2.75, 3.05) is 7.11 Å². The first-order valence-electron chi connectivity index (χ1n) is 7.67. The van der Waals surface area contributed by atoms with E-state index in [0.717, 1.165) is 11.3 Å². The number of methoxy groups -OCH3 is 1. The maximum atomic E-state index is 12.3. The van der Waals surface area contributed by atoms with Crippen LogP contribution in [0.1, 0.15) is 31.0 Å². The van der Waals surface area contributed by atoms with Gasteiger partial charge in [-0.25, -0.2) is 0 Å². The highest BCUT2D eigenvalue weighted by Gasteiger charge is 2.17. The van der Waals surface area contributed by atoms with Crippen molar-refractivity contribution in [2.45, 2.75) is 32.9 Å². The van der Waals surface area contributed by atoms with Crippen LogP contribution in [-0.4, -0.2) is 19.1 Å². The maximum Gasteiger partial charge on any atom is 0.261 e. The van der Waals surface area contributed by atoms with Gasteiger partial charge in [0.05, 0.1) is 13.2 Å². The van der Waals surface area contributed by atoms with Crippen LogP contribution in [0.2, 0.25) is 0 Å². The summed E-state index contributed by atoms with van der Waals surface area (Å²) in [5.41, 5.74) is 2.27. The number of aryl methyl sites for hydroxylation is 1. The molecule has 1 amide bonds. The number of ether oxygens (including phenoxy) is 2. The Balaban J connectivity index is 1.92. The van der Waals surface area contributed by atoms with E-state index >= 15 is 0 Å². The van der Waals surface area contributed by atoms with E-state index < -0.39 is 6.10 Å². The average molecular weight is 313 g/mol. The van der Waals surface area contributed by atoms with Gasteiger partial charge < -0.3 is 14.8 Å². The second kappa shape index (κ2) is 7.68. The lowest BCUT2D eigenvalue weighted by Crippen LogP contribution is -2.37. The molecule has 2 aromatic rings. The van der Waals surface area contributed by atoms with Crippen LogP contribution in [0.5, 0.6) is 11.5 Å². The molecule has 1 N–H and O–H groups in total. The molecule has 0 bridgehead atoms. The number of carbonyl (C=O) groups excluding carboxylic acids is 1. The van der Waals surface area contributed by atoms with Crippen LogP contribution in [0.15, 0.2) is 48.5 Å². The number of hydrogen-bond acceptors (Lipinski definition) is 3. The monoisotopic (exact) mass is 313 g/mol. The molecule has 0 aliphatic heterocycles. The van der Waals surface area contributed by atoms with Crippen molar-refractivity contribution in [3.63, 3.8) is 0 Å². The van der Waals surface area contributed by atoms with Crippen LogP contribution < -0.4 is 14.8 Å². The van der Waals surface area contributed by atoms with Gasteiger partial charge in [-0.05, 0) is 50.6 Å². The maximum absolute atomic E-state index is 12.3. The molecular formula is C19H23NO3. The molecule has 2 rings (SSSR count). The van der Waals surface area contributed by atoms with E-state index in [4.69, 9.17) is 9.47 Å². The van der Waals surface area contributed by atoms with Crippen molar-refractivity contribution in [3.05, 3.63) is 59.7 Å². The molecule has 0 aromatic heterocycles. The van der Waals surface area contributed by atoms with Gasteiger partial charge in [-0.3, -0.25) is 4.79 Å². The van der Waals surface area contributed by atoms with Gasteiger partial charge in [0.2, 0.25) is 0 Å². The molecular weight excluding hydrogens is 290 g/mol. The molecule has 0 saturated heterocycles. The Hall–Kier alpha value is -2.49. The number of hydrogen-bond donors (Lipinski definition) is 1. The van der Waals surface area contributed by atoms with E-state index in [9.17, 15) is 4.79 Å². The summed E-state index contributed by atoms with van der Waals surface area (Å²) >= 11 is 0. The first-order valence-corrected chi connectivity index (χ1v) is 7.67. The second-order valence-electron chi connectivity index (χ2n) is 5.58. The Labute approximate surface area is 137 Å². The highest BCUT2D eigenvalue weighted by atomic mass is 16.5. The molecule has 0 fully saturated rings. The minimum atomic E-state index is -0.573. The molecule has 2 aromatic carbocycles. The molecule has 23 heavy (non-hydrogen) atoms. The normalized spacial score (nSPS) is 13.0. The van der Waals surface area contributed by atoms with Gasteiger partial charge in [0.15, 0.2) is 6.10 Å². The van der Waals surface area contributed by atoms with Crippen molar-refractivity contribution in [2.24, 2.45) is 0 Å². The predicted molar refractivity (Wildman–Crippen MR) is 90.8 cm³/mol. The fourth-order valence-electron chi connectivity index (χ4n) is 2.18. The summed E-state index contributed by atoms with van der Waals surface area (Å²) in [7, 11) is 1.61. The summed E-state index contributed by atoms with van der Waals surface area (Å²) in [6, 6.07) is 15.2. The molecule has 0 saturated carbocycles. The molecule has 0 spiro atoms. The van der Waals surface area contributed by atoms with Gasteiger partial charge in [0.1, 0.15) is 11.5 Å². The Bertz CT molecular complexity index is 635. The fourth-order valence-corrected chi connectivity index (χ4v) is 2.18. The topological polar surface area (TPSA) is 47.6 Å². The van der Waals surface area contributed by atoms with E-state index in [0.29, 0.717) is 5.75 Å². The molecule has 0 unspecified atom stereocenters. The molecule has 0 heterocycles. The molecule has 0 radical (unpaired) electrons. The minimum Gasteiger partial charge on any atom is -0.497 e. The van der Waals surface area contributed by atoms with Gasteiger partial charge in [-0.1, -0.05) is 29.8 Å². The van der Waals surface area contributed by atoms with Crippen molar-refractivity contribution in [1.29, 1.82) is 0 Å². The second-order valence-corrected chi connectivity index (χ2v) is 5.58. The SMILES string of the molecule is COc1ccc(O[C@@H](C)C(=O)N[C@@H](C)c2ccc(C)cc2)cc1. The Kier molecular flexibility index (Phi) is 5.63. The average Bonchev–Trinajstić information content (AvgIpc) is 2.56. The zero-order chi connectivity index (χ0) is 16.8. The third kappa shape index (κ3) is 4.74. The lowest BCUT2D eigenvalue weighted by molar-refractivity contribution is -0.127. The van der Waals surface area contributed by atoms with E-state index in [-0.39, 0.29) is 11.9 Å². The molecule has 2 atom stereocenters. The Morgan fingerprint density at radius 3 is 2.09 bits per heavy atom. The Morgan fingerprint density at radius 1 is 0.957 bits per heavy atom. The smallest absolute Gasteiger partial charge is 0.261 e. The minimum absolute atomic E-state index is 0.0648. The van der Waals surface area contributed by atoms with Crippen molar-refractivity contribution < 1.29 is 14.3 Å². The van der Waals surface area contributed by atoms with Crippen molar-refractivity contribution in [1.82, 2.24) is 5.32 Å². The number of benzene rings is 2. The van der Waals surface area contributed by atoms with Crippen LogP contribution in [0, 0.1) is 6.92 Å². The largest absolute Gasteiger partial charge is 0.497 e. The van der Waals surface area contributed by atoms with Gasteiger partial charge >= 0.3 is 0 Å². The quantitative estimate of drug-likeness (QED) is 0.885. The van der Waals surface area contributed by atoms with Crippen LogP contribution in [0.4, 0.5) is 0 Å². The number of nitrogens with one attached hydrogen (secondary N) is 1. The lowest BCUT2D eigenvalue weighted by Gasteiger charge is -2.19. The highest BCUT2D eigenvalue weighted by Crippen LogP contribution is 2.19. The summed E-state index contributed by atoms with van der Waals surface area (Å²) in [5.74, 6) is 1.24. The van der Waals surface area contributed by atoms with Crippen LogP contribution >= 0.6 is 0 Å². The highest BCUT2D eigenvalue weighted by molar-refractivity contribution is 5.81. The molecule has 4 nitrogen and oxygen atoms in total. The van der Waals surface area contributed by atoms with Gasteiger partial charge in [-0.2, -0.15) is 0 Å². The van der Waals surface area contributed by atoms with Gasteiger partial charge in [-0.15, -0.1) is 0 Å². The number of amides is 1. The summed E-state index contributed by atoms with van der Waals surface area (Å²) in [4.78, 5) is 12.3. The van der Waals surface area contributed by atoms with Crippen molar-refractivity contribution in [3.8, 4) is 11.5 Å². The summed E-state index contributed by atoms with van der Waals surface area (Å²) in [6.07, 6.45) is -0.573. The van der Waals surface area contributed by atoms with E-state index in [1.165, 1.54) is 5.56 Å².